The van der Waals surface area contributed by atoms with Crippen molar-refractivity contribution >= 4 is 17.7 Å². The van der Waals surface area contributed by atoms with Crippen LogP contribution in [-0.2, 0) is 4.79 Å². The Labute approximate surface area is 144 Å². The van der Waals surface area contributed by atoms with Crippen LogP contribution in [0.5, 0.6) is 0 Å². The van der Waals surface area contributed by atoms with Gasteiger partial charge in [-0.05, 0) is 31.2 Å². The Kier molecular flexibility index (Phi) is 5.53. The lowest BCUT2D eigenvalue weighted by molar-refractivity contribution is -0.132. The summed E-state index contributed by atoms with van der Waals surface area (Å²) in [5.41, 5.74) is 0. The maximum absolute atomic E-state index is 12.2. The van der Waals surface area contributed by atoms with E-state index in [1.54, 1.807) is 0 Å². The van der Waals surface area contributed by atoms with Gasteiger partial charge in [-0.1, -0.05) is 13.8 Å². The largest absolute Gasteiger partial charge is 0.353 e. The molecule has 6 heteroatoms. The van der Waals surface area contributed by atoms with Gasteiger partial charge in [-0.25, -0.2) is 4.98 Å². The van der Waals surface area contributed by atoms with Gasteiger partial charge in [0.15, 0.2) is 0 Å². The zero-order valence-electron chi connectivity index (χ0n) is 14.9. The van der Waals surface area contributed by atoms with E-state index in [1.165, 1.54) is 19.3 Å². The van der Waals surface area contributed by atoms with E-state index in [0.717, 1.165) is 51.0 Å². The van der Waals surface area contributed by atoms with E-state index in [1.807, 2.05) is 17.2 Å². The van der Waals surface area contributed by atoms with Crippen molar-refractivity contribution < 1.29 is 4.79 Å². The monoisotopic (exact) mass is 331 g/mol. The highest BCUT2D eigenvalue weighted by atomic mass is 16.2. The summed E-state index contributed by atoms with van der Waals surface area (Å²) in [6.45, 7) is 9.57. The molecule has 0 saturated carbocycles. The minimum atomic E-state index is 0.279. The van der Waals surface area contributed by atoms with E-state index in [-0.39, 0.29) is 5.91 Å². The molecule has 132 valence electrons. The van der Waals surface area contributed by atoms with Crippen LogP contribution in [0.1, 0.15) is 39.5 Å². The summed E-state index contributed by atoms with van der Waals surface area (Å²) in [6, 6.07) is 1.99. The third-order valence-electron chi connectivity index (χ3n) is 4.81. The molecule has 0 radical (unpaired) electrons. The average molecular weight is 331 g/mol. The smallest absolute Gasteiger partial charge is 0.227 e. The molecule has 0 atom stereocenters. The zero-order valence-corrected chi connectivity index (χ0v) is 14.9. The van der Waals surface area contributed by atoms with E-state index < -0.39 is 0 Å². The van der Waals surface area contributed by atoms with Gasteiger partial charge in [0.05, 0.1) is 0 Å². The highest BCUT2D eigenvalue weighted by molar-refractivity contribution is 5.76. The van der Waals surface area contributed by atoms with Gasteiger partial charge in [0.25, 0.3) is 0 Å². The summed E-state index contributed by atoms with van der Waals surface area (Å²) in [5, 5.41) is 0. The van der Waals surface area contributed by atoms with Gasteiger partial charge in [0.2, 0.25) is 11.9 Å². The van der Waals surface area contributed by atoms with Crippen LogP contribution in [0.25, 0.3) is 0 Å². The van der Waals surface area contributed by atoms with E-state index in [0.29, 0.717) is 12.3 Å². The number of hydrogen-bond acceptors (Lipinski definition) is 5. The highest BCUT2D eigenvalue weighted by Crippen LogP contribution is 2.20. The number of aromatic nitrogens is 2. The number of nitrogens with zero attached hydrogens (tertiary/aromatic N) is 5. The Balaban J connectivity index is 1.59. The normalized spacial score (nSPS) is 19.0. The number of rotatable bonds is 4. The van der Waals surface area contributed by atoms with Crippen molar-refractivity contribution in [3.05, 3.63) is 12.3 Å². The van der Waals surface area contributed by atoms with Gasteiger partial charge >= 0.3 is 0 Å². The predicted molar refractivity (Wildman–Crippen MR) is 96.3 cm³/mol. The van der Waals surface area contributed by atoms with Crippen molar-refractivity contribution in [3.63, 3.8) is 0 Å². The predicted octanol–water partition coefficient (Wildman–Crippen LogP) is 2.16. The van der Waals surface area contributed by atoms with Crippen LogP contribution in [0.2, 0.25) is 0 Å². The first-order valence-corrected chi connectivity index (χ1v) is 9.24. The summed E-state index contributed by atoms with van der Waals surface area (Å²) in [6.07, 6.45) is 6.27. The van der Waals surface area contributed by atoms with Crippen LogP contribution < -0.4 is 9.80 Å². The number of amides is 1. The second kappa shape index (κ2) is 7.81. The topological polar surface area (TPSA) is 52.6 Å². The van der Waals surface area contributed by atoms with Gasteiger partial charge in [0.1, 0.15) is 5.82 Å². The molecule has 3 rings (SSSR count). The SMILES string of the molecule is CC(C)CC(=O)N1CCN(c2ccnc(N3CCCCC3)n2)CC1. The molecule has 1 aromatic rings. The van der Waals surface area contributed by atoms with Crippen LogP contribution >= 0.6 is 0 Å². The van der Waals surface area contributed by atoms with E-state index in [9.17, 15) is 4.79 Å². The second-order valence-electron chi connectivity index (χ2n) is 7.23. The van der Waals surface area contributed by atoms with Gasteiger partial charge in [-0.3, -0.25) is 4.79 Å². The Morgan fingerprint density at radius 3 is 2.42 bits per heavy atom. The lowest BCUT2D eigenvalue weighted by atomic mass is 10.1. The second-order valence-corrected chi connectivity index (χ2v) is 7.23. The minimum absolute atomic E-state index is 0.279. The number of piperidine rings is 1. The molecule has 0 bridgehead atoms. The summed E-state index contributed by atoms with van der Waals surface area (Å²) in [4.78, 5) is 28.0. The number of hydrogen-bond donors (Lipinski definition) is 0. The molecule has 24 heavy (non-hydrogen) atoms. The summed E-state index contributed by atoms with van der Waals surface area (Å²) in [5.74, 6) is 2.54. The number of carbonyl (C=O) groups excluding carboxylic acids is 1. The quantitative estimate of drug-likeness (QED) is 0.846. The van der Waals surface area contributed by atoms with Crippen LogP contribution in [0.3, 0.4) is 0 Å². The molecule has 1 amide bonds. The molecule has 0 aromatic carbocycles. The fraction of sp³-hybridized carbons (Fsp3) is 0.722. The molecular weight excluding hydrogens is 302 g/mol. The van der Waals surface area contributed by atoms with Gasteiger partial charge in [-0.15, -0.1) is 0 Å². The maximum Gasteiger partial charge on any atom is 0.227 e. The van der Waals surface area contributed by atoms with Crippen LogP contribution in [-0.4, -0.2) is 60.0 Å². The van der Waals surface area contributed by atoms with Gasteiger partial charge < -0.3 is 14.7 Å². The Bertz CT molecular complexity index is 548. The molecule has 0 spiro atoms. The van der Waals surface area contributed by atoms with Crippen LogP contribution in [0.4, 0.5) is 11.8 Å². The average Bonchev–Trinajstić information content (AvgIpc) is 2.62. The van der Waals surface area contributed by atoms with E-state index in [2.05, 4.69) is 28.6 Å². The molecule has 2 aliphatic rings. The number of anilines is 2. The van der Waals surface area contributed by atoms with Crippen molar-refractivity contribution in [2.24, 2.45) is 5.92 Å². The molecule has 2 saturated heterocycles. The fourth-order valence-corrected chi connectivity index (χ4v) is 3.42. The molecule has 6 nitrogen and oxygen atoms in total. The van der Waals surface area contributed by atoms with Crippen LogP contribution in [0, 0.1) is 5.92 Å². The molecule has 3 heterocycles. The highest BCUT2D eigenvalue weighted by Gasteiger charge is 2.23. The maximum atomic E-state index is 12.2. The summed E-state index contributed by atoms with van der Waals surface area (Å²) < 4.78 is 0. The minimum Gasteiger partial charge on any atom is -0.353 e. The fourth-order valence-electron chi connectivity index (χ4n) is 3.42. The summed E-state index contributed by atoms with van der Waals surface area (Å²) >= 11 is 0. The third kappa shape index (κ3) is 4.16. The Morgan fingerprint density at radius 1 is 1.04 bits per heavy atom. The van der Waals surface area contributed by atoms with Crippen molar-refractivity contribution in [2.45, 2.75) is 39.5 Å². The molecule has 0 aliphatic carbocycles. The standard InChI is InChI=1S/C18H29N5O/c1-15(2)14-17(24)22-12-10-21(11-13-22)16-6-7-19-18(20-16)23-8-4-3-5-9-23/h6-7,15H,3-5,8-14H2,1-2H3. The zero-order chi connectivity index (χ0) is 16.9. The van der Waals surface area contributed by atoms with E-state index >= 15 is 0 Å². The van der Waals surface area contributed by atoms with E-state index in [4.69, 9.17) is 4.98 Å². The molecule has 2 aliphatic heterocycles. The first kappa shape index (κ1) is 17.0. The van der Waals surface area contributed by atoms with Crippen LogP contribution in [0.15, 0.2) is 12.3 Å². The van der Waals surface area contributed by atoms with Crippen molar-refractivity contribution in [1.82, 2.24) is 14.9 Å². The summed E-state index contributed by atoms with van der Waals surface area (Å²) in [7, 11) is 0. The number of piperazine rings is 1. The lowest BCUT2D eigenvalue weighted by Gasteiger charge is -2.36. The van der Waals surface area contributed by atoms with Crippen molar-refractivity contribution in [3.8, 4) is 0 Å². The third-order valence-corrected chi connectivity index (χ3v) is 4.81. The first-order valence-electron chi connectivity index (χ1n) is 9.24. The Hall–Kier alpha value is -1.85. The van der Waals surface area contributed by atoms with Gasteiger partial charge in [-0.2, -0.15) is 4.98 Å². The Morgan fingerprint density at radius 2 is 1.75 bits per heavy atom. The van der Waals surface area contributed by atoms with Crippen molar-refractivity contribution in [2.75, 3.05) is 49.1 Å². The molecule has 0 unspecified atom stereocenters. The van der Waals surface area contributed by atoms with Gasteiger partial charge in [0, 0.05) is 51.9 Å². The molecule has 2 fully saturated rings. The molecular formula is C18H29N5O. The molecule has 0 N–H and O–H groups in total. The van der Waals surface area contributed by atoms with Crippen molar-refractivity contribution in [1.29, 1.82) is 0 Å². The molecule has 1 aromatic heterocycles. The first-order chi connectivity index (χ1) is 11.6. The lowest BCUT2D eigenvalue weighted by Crippen LogP contribution is -2.49. The number of carbonyl (C=O) groups is 1.